The topological polar surface area (TPSA) is 231 Å². The third-order valence-corrected chi connectivity index (χ3v) is 5.44. The second-order valence-corrected chi connectivity index (χ2v) is 8.47. The summed E-state index contributed by atoms with van der Waals surface area (Å²) in [5, 5.41) is 25.0. The quantitative estimate of drug-likeness (QED) is 0.125. The molecule has 0 rings (SSSR count). The van der Waals surface area contributed by atoms with E-state index in [1.807, 2.05) is 11.6 Å². The van der Waals surface area contributed by atoms with E-state index in [2.05, 4.69) is 10.6 Å². The molecule has 0 aromatic heterocycles. The maximum atomic E-state index is 12.9. The first-order valence-electron chi connectivity index (χ1n) is 10.2. The lowest BCUT2D eigenvalue weighted by Gasteiger charge is -2.27. The highest BCUT2D eigenvalue weighted by atomic mass is 32.2. The Labute approximate surface area is 195 Å². The van der Waals surface area contributed by atoms with Crippen LogP contribution < -0.4 is 27.4 Å². The number of carbonyl (C=O) groups excluding carboxylic acids is 4. The Bertz CT molecular complexity index is 735. The summed E-state index contributed by atoms with van der Waals surface area (Å²) in [6.45, 7) is 3.45. The summed E-state index contributed by atoms with van der Waals surface area (Å²) in [5.74, 6) is -6.31. The number of carboxylic acids is 2. The molecule has 4 amide bonds. The van der Waals surface area contributed by atoms with Crippen LogP contribution in [0.4, 0.5) is 0 Å². The summed E-state index contributed by atoms with van der Waals surface area (Å²) in [5.41, 5.74) is 10.8. The summed E-state index contributed by atoms with van der Waals surface area (Å²) >= 11 is 1.50. The SMILES string of the molecule is CCC(C)C(NC(=O)C(N)CCSC)C(=O)NC(CC(=O)O)C(=O)NC(CC(N)=O)C(=O)O. The van der Waals surface area contributed by atoms with Crippen LogP contribution in [0.5, 0.6) is 0 Å². The number of aliphatic carboxylic acids is 2. The van der Waals surface area contributed by atoms with Crippen LogP contribution in [0.1, 0.15) is 39.5 Å². The van der Waals surface area contributed by atoms with E-state index < -0.39 is 78.5 Å². The number of thioether (sulfide) groups is 1. The van der Waals surface area contributed by atoms with Gasteiger partial charge in [0.25, 0.3) is 0 Å². The van der Waals surface area contributed by atoms with E-state index in [1.165, 1.54) is 11.8 Å². The van der Waals surface area contributed by atoms with Gasteiger partial charge in [0.1, 0.15) is 18.1 Å². The van der Waals surface area contributed by atoms with Crippen molar-refractivity contribution in [2.75, 3.05) is 12.0 Å². The Morgan fingerprint density at radius 1 is 0.909 bits per heavy atom. The lowest BCUT2D eigenvalue weighted by molar-refractivity contribution is -0.145. The van der Waals surface area contributed by atoms with E-state index in [4.69, 9.17) is 21.7 Å². The maximum absolute atomic E-state index is 12.9. The van der Waals surface area contributed by atoms with Crippen LogP contribution in [0.15, 0.2) is 0 Å². The van der Waals surface area contributed by atoms with Gasteiger partial charge in [0.2, 0.25) is 23.6 Å². The lowest BCUT2D eigenvalue weighted by atomic mass is 9.97. The zero-order valence-corrected chi connectivity index (χ0v) is 19.6. The molecule has 0 aromatic rings. The molecule has 188 valence electrons. The van der Waals surface area contributed by atoms with Crippen LogP contribution in [-0.2, 0) is 28.8 Å². The molecule has 0 aliphatic heterocycles. The average Bonchev–Trinajstić information content (AvgIpc) is 2.72. The highest BCUT2D eigenvalue weighted by molar-refractivity contribution is 7.98. The van der Waals surface area contributed by atoms with Crippen molar-refractivity contribution in [1.29, 1.82) is 0 Å². The summed E-state index contributed by atoms with van der Waals surface area (Å²) in [6, 6.07) is -5.35. The number of hydrogen-bond acceptors (Lipinski definition) is 8. The Morgan fingerprint density at radius 3 is 1.94 bits per heavy atom. The standard InChI is InChI=1S/C19H33N5O8S/c1-4-9(2)15(24-16(28)10(20)5-6-33-3)18(30)22-11(8-14(26)27)17(29)23-12(19(31)32)7-13(21)25/h9-12,15H,4-8,20H2,1-3H3,(H2,21,25)(H,22,30)(H,23,29)(H,24,28)(H,26,27)(H,31,32). The van der Waals surface area contributed by atoms with Gasteiger partial charge in [-0.15, -0.1) is 0 Å². The minimum atomic E-state index is -1.71. The van der Waals surface area contributed by atoms with Crippen LogP contribution in [0, 0.1) is 5.92 Å². The van der Waals surface area contributed by atoms with Gasteiger partial charge in [0.05, 0.1) is 18.9 Å². The number of hydrogen-bond donors (Lipinski definition) is 7. The van der Waals surface area contributed by atoms with Crippen molar-refractivity contribution < 1.29 is 39.0 Å². The lowest BCUT2D eigenvalue weighted by Crippen LogP contribution is -2.59. The molecule has 0 spiro atoms. The smallest absolute Gasteiger partial charge is 0.326 e. The summed E-state index contributed by atoms with van der Waals surface area (Å²) in [6.07, 6.45) is 1.10. The molecular weight excluding hydrogens is 458 g/mol. The fourth-order valence-corrected chi connectivity index (χ4v) is 3.15. The van der Waals surface area contributed by atoms with E-state index in [0.29, 0.717) is 18.6 Å². The number of primary amides is 1. The van der Waals surface area contributed by atoms with Gasteiger partial charge in [-0.25, -0.2) is 4.79 Å². The van der Waals surface area contributed by atoms with E-state index in [-0.39, 0.29) is 0 Å². The Balaban J connectivity index is 5.55. The second-order valence-electron chi connectivity index (χ2n) is 7.49. The molecule has 5 atom stereocenters. The van der Waals surface area contributed by atoms with Gasteiger partial charge in [0, 0.05) is 0 Å². The monoisotopic (exact) mass is 491 g/mol. The third kappa shape index (κ3) is 11.5. The predicted octanol–water partition coefficient (Wildman–Crippen LogP) is -2.00. The first-order chi connectivity index (χ1) is 15.3. The van der Waals surface area contributed by atoms with Crippen molar-refractivity contribution in [3.05, 3.63) is 0 Å². The van der Waals surface area contributed by atoms with Crippen LogP contribution in [-0.4, -0.2) is 82.0 Å². The maximum Gasteiger partial charge on any atom is 0.326 e. The van der Waals surface area contributed by atoms with Gasteiger partial charge >= 0.3 is 11.9 Å². The number of carbonyl (C=O) groups is 6. The number of nitrogens with one attached hydrogen (secondary N) is 3. The normalized spacial score (nSPS) is 15.3. The van der Waals surface area contributed by atoms with Gasteiger partial charge in [0.15, 0.2) is 0 Å². The molecule has 5 unspecified atom stereocenters. The van der Waals surface area contributed by atoms with Crippen molar-refractivity contribution in [2.45, 2.75) is 63.7 Å². The molecule has 0 aliphatic rings. The van der Waals surface area contributed by atoms with Crippen LogP contribution in [0.2, 0.25) is 0 Å². The van der Waals surface area contributed by atoms with Crippen LogP contribution in [0.3, 0.4) is 0 Å². The highest BCUT2D eigenvalue weighted by Crippen LogP contribution is 2.10. The predicted molar refractivity (Wildman–Crippen MR) is 120 cm³/mol. The molecule has 0 saturated carbocycles. The number of amides is 4. The molecular formula is C19H33N5O8S. The first-order valence-corrected chi connectivity index (χ1v) is 11.6. The molecule has 0 fully saturated rings. The molecule has 0 bridgehead atoms. The second kappa shape index (κ2) is 15.1. The highest BCUT2D eigenvalue weighted by Gasteiger charge is 2.33. The van der Waals surface area contributed by atoms with E-state index in [9.17, 15) is 28.8 Å². The Kier molecular flexibility index (Phi) is 13.7. The summed E-state index contributed by atoms with van der Waals surface area (Å²) in [7, 11) is 0. The van der Waals surface area contributed by atoms with Gasteiger partial charge in [-0.05, 0) is 24.3 Å². The van der Waals surface area contributed by atoms with Gasteiger partial charge in [-0.3, -0.25) is 24.0 Å². The molecule has 14 heteroatoms. The zero-order chi connectivity index (χ0) is 25.7. The van der Waals surface area contributed by atoms with Gasteiger partial charge in [-0.1, -0.05) is 20.3 Å². The zero-order valence-electron chi connectivity index (χ0n) is 18.8. The van der Waals surface area contributed by atoms with Crippen molar-refractivity contribution in [2.24, 2.45) is 17.4 Å². The molecule has 0 saturated heterocycles. The van der Waals surface area contributed by atoms with Gasteiger partial charge in [-0.2, -0.15) is 11.8 Å². The molecule has 33 heavy (non-hydrogen) atoms. The Morgan fingerprint density at radius 2 is 1.48 bits per heavy atom. The van der Waals surface area contributed by atoms with E-state index >= 15 is 0 Å². The van der Waals surface area contributed by atoms with Crippen LogP contribution in [0.25, 0.3) is 0 Å². The van der Waals surface area contributed by atoms with Gasteiger partial charge < -0.3 is 37.6 Å². The number of nitrogens with two attached hydrogens (primary N) is 2. The average molecular weight is 492 g/mol. The molecule has 0 radical (unpaired) electrons. The minimum Gasteiger partial charge on any atom is -0.481 e. The van der Waals surface area contributed by atoms with Crippen LogP contribution >= 0.6 is 11.8 Å². The fraction of sp³-hybridized carbons (Fsp3) is 0.684. The number of rotatable bonds is 16. The number of carboxylic acid groups (broad SMARTS) is 2. The largest absolute Gasteiger partial charge is 0.481 e. The van der Waals surface area contributed by atoms with E-state index in [0.717, 1.165) is 0 Å². The molecule has 0 aliphatic carbocycles. The van der Waals surface area contributed by atoms with Crippen molar-refractivity contribution in [1.82, 2.24) is 16.0 Å². The van der Waals surface area contributed by atoms with Crippen molar-refractivity contribution in [3.8, 4) is 0 Å². The van der Waals surface area contributed by atoms with Crippen molar-refractivity contribution >= 4 is 47.3 Å². The molecule has 9 N–H and O–H groups in total. The van der Waals surface area contributed by atoms with Crippen molar-refractivity contribution in [3.63, 3.8) is 0 Å². The fourth-order valence-electron chi connectivity index (χ4n) is 2.66. The summed E-state index contributed by atoms with van der Waals surface area (Å²) < 4.78 is 0. The third-order valence-electron chi connectivity index (χ3n) is 4.79. The Hall–Kier alpha value is -2.87. The molecule has 0 heterocycles. The minimum absolute atomic E-state index is 0.377. The van der Waals surface area contributed by atoms with E-state index in [1.54, 1.807) is 13.8 Å². The molecule has 13 nitrogen and oxygen atoms in total. The summed E-state index contributed by atoms with van der Waals surface area (Å²) in [4.78, 5) is 71.3. The molecule has 0 aromatic carbocycles. The first kappa shape index (κ1) is 30.1.